The van der Waals surface area contributed by atoms with Gasteiger partial charge in [-0.15, -0.1) is 5.54 Å². The first-order valence-electron chi connectivity index (χ1n) is 10.3. The molecule has 0 aliphatic carbocycles. The molecule has 2 rings (SSSR count). The van der Waals surface area contributed by atoms with Crippen LogP contribution in [0.1, 0.15) is 31.2 Å². The van der Waals surface area contributed by atoms with Gasteiger partial charge in [0.1, 0.15) is 20.0 Å². The summed E-state index contributed by atoms with van der Waals surface area (Å²) in [5.41, 5.74) is 9.85. The highest BCUT2D eigenvalue weighted by Crippen LogP contribution is 2.26. The summed E-state index contributed by atoms with van der Waals surface area (Å²) >= 11 is 0. The predicted octanol–water partition coefficient (Wildman–Crippen LogP) is 1.94. The van der Waals surface area contributed by atoms with Crippen molar-refractivity contribution in [1.82, 2.24) is 5.32 Å². The van der Waals surface area contributed by atoms with Gasteiger partial charge in [0.15, 0.2) is 0 Å². The number of amides is 2. The highest BCUT2D eigenvalue weighted by atomic mass is 28.3. The standard InChI is InChI=1S/C22H30N4O4Si/c1-31(2,3)12-10-17(14-20(28)29)25-19(27)13-16-5-4-11-26(22(16)30)18-8-6-15(7-9-18)21(23)24/h6-9,16-17H,4-5,11,13-14H2,1-3H3,(H3,23,24)(H,25,27)(H,28,29)/t16-,17?/m0/s1. The maximum absolute atomic E-state index is 13.0. The Kier molecular flexibility index (Phi) is 7.99. The summed E-state index contributed by atoms with van der Waals surface area (Å²) in [6.07, 6.45) is 1.06. The van der Waals surface area contributed by atoms with E-state index < -0.39 is 26.0 Å². The number of amidine groups is 1. The van der Waals surface area contributed by atoms with Crippen molar-refractivity contribution in [3.63, 3.8) is 0 Å². The molecule has 1 aromatic rings. The second-order valence-corrected chi connectivity index (χ2v) is 13.5. The lowest BCUT2D eigenvalue weighted by atomic mass is 9.92. The van der Waals surface area contributed by atoms with Crippen molar-refractivity contribution in [1.29, 1.82) is 5.41 Å². The number of hydrogen-bond donors (Lipinski definition) is 4. The third kappa shape index (κ3) is 7.57. The Bertz CT molecular complexity index is 912. The molecule has 1 fully saturated rings. The second kappa shape index (κ2) is 10.3. The normalized spacial score (nSPS) is 17.3. The molecule has 2 atom stereocenters. The lowest BCUT2D eigenvalue weighted by Crippen LogP contribution is -2.44. The molecular weight excluding hydrogens is 412 g/mol. The zero-order chi connectivity index (χ0) is 23.2. The molecule has 1 aliphatic rings. The second-order valence-electron chi connectivity index (χ2n) is 8.73. The summed E-state index contributed by atoms with van der Waals surface area (Å²) in [6.45, 7) is 6.67. The number of aliphatic carboxylic acids is 1. The average molecular weight is 443 g/mol. The molecule has 0 bridgehead atoms. The van der Waals surface area contributed by atoms with Crippen LogP contribution in [0.4, 0.5) is 5.69 Å². The van der Waals surface area contributed by atoms with Crippen LogP contribution in [0.2, 0.25) is 19.6 Å². The molecule has 1 aromatic carbocycles. The maximum Gasteiger partial charge on any atom is 0.306 e. The Hall–Kier alpha value is -3.12. The summed E-state index contributed by atoms with van der Waals surface area (Å²) in [5.74, 6) is 0.829. The van der Waals surface area contributed by atoms with E-state index in [-0.39, 0.29) is 30.5 Å². The number of anilines is 1. The van der Waals surface area contributed by atoms with Gasteiger partial charge in [0.25, 0.3) is 0 Å². The first-order chi connectivity index (χ1) is 14.5. The van der Waals surface area contributed by atoms with E-state index in [0.29, 0.717) is 24.2 Å². The van der Waals surface area contributed by atoms with Crippen molar-refractivity contribution in [3.8, 4) is 11.5 Å². The van der Waals surface area contributed by atoms with Crippen molar-refractivity contribution < 1.29 is 19.5 Å². The van der Waals surface area contributed by atoms with E-state index in [1.807, 2.05) is 19.6 Å². The summed E-state index contributed by atoms with van der Waals surface area (Å²) in [4.78, 5) is 38.3. The van der Waals surface area contributed by atoms with Gasteiger partial charge in [-0.2, -0.15) is 0 Å². The smallest absolute Gasteiger partial charge is 0.306 e. The largest absolute Gasteiger partial charge is 0.481 e. The molecular formula is C22H30N4O4Si. The van der Waals surface area contributed by atoms with Crippen molar-refractivity contribution in [2.24, 2.45) is 11.7 Å². The Morgan fingerprint density at radius 3 is 2.52 bits per heavy atom. The van der Waals surface area contributed by atoms with Gasteiger partial charge in [-0.3, -0.25) is 19.8 Å². The molecule has 9 heteroatoms. The number of carboxylic acids is 1. The number of benzene rings is 1. The number of nitrogen functional groups attached to an aromatic ring is 1. The van der Waals surface area contributed by atoms with Gasteiger partial charge >= 0.3 is 5.97 Å². The molecule has 0 spiro atoms. The number of carbonyl (C=O) groups excluding carboxylic acids is 2. The van der Waals surface area contributed by atoms with Gasteiger partial charge in [0.2, 0.25) is 11.8 Å². The SMILES string of the molecule is C[Si](C)(C)C#CC(CC(=O)O)NC(=O)C[C@@H]1CCCN(c2ccc(C(=N)N)cc2)C1=O. The average Bonchev–Trinajstić information content (AvgIpc) is 2.67. The van der Waals surface area contributed by atoms with Crippen molar-refractivity contribution in [2.45, 2.75) is 51.4 Å². The summed E-state index contributed by atoms with van der Waals surface area (Å²) < 4.78 is 0. The summed E-state index contributed by atoms with van der Waals surface area (Å²) in [6, 6.07) is 6.09. The minimum absolute atomic E-state index is 0.00833. The van der Waals surface area contributed by atoms with Crippen molar-refractivity contribution >= 4 is 37.4 Å². The molecule has 1 unspecified atom stereocenters. The van der Waals surface area contributed by atoms with Crippen LogP contribution < -0.4 is 16.0 Å². The molecule has 1 aliphatic heterocycles. The lowest BCUT2D eigenvalue weighted by molar-refractivity contribution is -0.137. The van der Waals surface area contributed by atoms with Gasteiger partial charge in [-0.05, 0) is 37.1 Å². The number of rotatable bonds is 7. The number of carbonyl (C=O) groups is 3. The Balaban J connectivity index is 2.05. The fourth-order valence-electron chi connectivity index (χ4n) is 3.31. The molecule has 0 saturated carbocycles. The molecule has 2 amide bonds. The Morgan fingerprint density at radius 2 is 1.97 bits per heavy atom. The van der Waals surface area contributed by atoms with Crippen LogP contribution in [0.15, 0.2) is 24.3 Å². The zero-order valence-electron chi connectivity index (χ0n) is 18.2. The van der Waals surface area contributed by atoms with Gasteiger partial charge in [-0.1, -0.05) is 25.6 Å². The molecule has 0 aromatic heterocycles. The zero-order valence-corrected chi connectivity index (χ0v) is 19.2. The number of nitrogens with zero attached hydrogens (tertiary/aromatic N) is 1. The maximum atomic E-state index is 13.0. The summed E-state index contributed by atoms with van der Waals surface area (Å²) in [7, 11) is -1.72. The number of hydrogen-bond acceptors (Lipinski definition) is 4. The number of piperidine rings is 1. The molecule has 1 saturated heterocycles. The van der Waals surface area contributed by atoms with Crippen LogP contribution in [0.3, 0.4) is 0 Å². The highest BCUT2D eigenvalue weighted by molar-refractivity contribution is 6.83. The number of nitrogens with one attached hydrogen (secondary N) is 2. The van der Waals surface area contributed by atoms with E-state index in [1.54, 1.807) is 29.2 Å². The first kappa shape index (κ1) is 24.1. The van der Waals surface area contributed by atoms with E-state index in [1.165, 1.54) is 0 Å². The van der Waals surface area contributed by atoms with E-state index in [9.17, 15) is 14.4 Å². The van der Waals surface area contributed by atoms with Gasteiger partial charge in [0.05, 0.1) is 6.42 Å². The molecule has 5 N–H and O–H groups in total. The third-order valence-corrected chi connectivity index (χ3v) is 5.70. The first-order valence-corrected chi connectivity index (χ1v) is 13.8. The quantitative estimate of drug-likeness (QED) is 0.221. The van der Waals surface area contributed by atoms with Crippen LogP contribution in [-0.4, -0.2) is 49.4 Å². The third-order valence-electron chi connectivity index (χ3n) is 4.81. The van der Waals surface area contributed by atoms with Gasteiger partial charge < -0.3 is 21.1 Å². The highest BCUT2D eigenvalue weighted by Gasteiger charge is 2.31. The molecule has 0 radical (unpaired) electrons. The molecule has 8 nitrogen and oxygen atoms in total. The Morgan fingerprint density at radius 1 is 1.32 bits per heavy atom. The predicted molar refractivity (Wildman–Crippen MR) is 122 cm³/mol. The lowest BCUT2D eigenvalue weighted by Gasteiger charge is -2.32. The monoisotopic (exact) mass is 442 g/mol. The minimum Gasteiger partial charge on any atom is -0.481 e. The van der Waals surface area contributed by atoms with Crippen LogP contribution >= 0.6 is 0 Å². The van der Waals surface area contributed by atoms with Gasteiger partial charge in [-0.25, -0.2) is 0 Å². The molecule has 166 valence electrons. The van der Waals surface area contributed by atoms with Gasteiger partial charge in [0, 0.05) is 30.1 Å². The fraction of sp³-hybridized carbons (Fsp3) is 0.455. The minimum atomic E-state index is -1.72. The van der Waals surface area contributed by atoms with Crippen molar-refractivity contribution in [2.75, 3.05) is 11.4 Å². The Labute approximate surface area is 183 Å². The molecule has 31 heavy (non-hydrogen) atoms. The topological polar surface area (TPSA) is 137 Å². The fourth-order valence-corrected chi connectivity index (χ4v) is 3.92. The van der Waals surface area contributed by atoms with E-state index in [4.69, 9.17) is 16.2 Å². The number of nitrogens with two attached hydrogens (primary N) is 1. The van der Waals surface area contributed by atoms with E-state index in [0.717, 1.165) is 6.42 Å². The van der Waals surface area contributed by atoms with E-state index in [2.05, 4.69) is 16.8 Å². The van der Waals surface area contributed by atoms with Crippen LogP contribution in [0, 0.1) is 22.8 Å². The van der Waals surface area contributed by atoms with Crippen LogP contribution in [0.25, 0.3) is 0 Å². The summed E-state index contributed by atoms with van der Waals surface area (Å²) in [5, 5.41) is 19.3. The van der Waals surface area contributed by atoms with Crippen molar-refractivity contribution in [3.05, 3.63) is 29.8 Å². The van der Waals surface area contributed by atoms with Crippen LogP contribution in [-0.2, 0) is 14.4 Å². The van der Waals surface area contributed by atoms with E-state index >= 15 is 0 Å². The van der Waals surface area contributed by atoms with Crippen LogP contribution in [0.5, 0.6) is 0 Å². The number of carboxylic acid groups (broad SMARTS) is 1. The molecule has 1 heterocycles.